The van der Waals surface area contributed by atoms with Crippen LogP contribution in [-0.4, -0.2) is 32.4 Å². The van der Waals surface area contributed by atoms with Crippen molar-refractivity contribution in [2.24, 2.45) is 0 Å². The maximum Gasteiger partial charge on any atom is 0.135 e. The van der Waals surface area contributed by atoms with Crippen LogP contribution in [0.1, 0.15) is 16.3 Å². The van der Waals surface area contributed by atoms with Gasteiger partial charge in [0.15, 0.2) is 0 Å². The Hall–Kier alpha value is -2.99. The number of pyridine rings is 1. The van der Waals surface area contributed by atoms with Crippen molar-refractivity contribution in [3.8, 4) is 11.3 Å². The van der Waals surface area contributed by atoms with Gasteiger partial charge >= 0.3 is 0 Å². The lowest BCUT2D eigenvalue weighted by atomic mass is 10.1. The molecule has 5 nitrogen and oxygen atoms in total. The first-order chi connectivity index (χ1) is 12.6. The molecule has 2 aromatic heterocycles. The lowest BCUT2D eigenvalue weighted by Crippen LogP contribution is -2.26. The molecule has 6 heteroatoms. The highest BCUT2D eigenvalue weighted by molar-refractivity contribution is 7.11. The van der Waals surface area contributed by atoms with E-state index in [4.69, 9.17) is 5.41 Å². The average Bonchev–Trinajstić information content (AvgIpc) is 3.22. The molecule has 0 bridgehead atoms. The van der Waals surface area contributed by atoms with Crippen LogP contribution in [0, 0.1) is 12.3 Å². The summed E-state index contributed by atoms with van der Waals surface area (Å²) in [6.07, 6.45) is 1.73. The van der Waals surface area contributed by atoms with Gasteiger partial charge in [-0.05, 0) is 19.1 Å². The van der Waals surface area contributed by atoms with Crippen LogP contribution in [0.15, 0.2) is 59.8 Å². The van der Waals surface area contributed by atoms with Crippen molar-refractivity contribution < 1.29 is 5.11 Å². The van der Waals surface area contributed by atoms with Gasteiger partial charge in [0.1, 0.15) is 16.6 Å². The molecule has 130 valence electrons. The molecule has 1 aliphatic heterocycles. The number of hydrogen-bond acceptors (Lipinski definition) is 5. The Bertz CT molecular complexity index is 977. The minimum Gasteiger partial charge on any atom is -0.510 e. The number of rotatable bonds is 4. The van der Waals surface area contributed by atoms with Gasteiger partial charge in [-0.3, -0.25) is 10.4 Å². The van der Waals surface area contributed by atoms with Gasteiger partial charge in [-0.25, -0.2) is 4.98 Å². The van der Waals surface area contributed by atoms with E-state index >= 15 is 0 Å². The highest BCUT2D eigenvalue weighted by Gasteiger charge is 2.30. The second-order valence-corrected chi connectivity index (χ2v) is 7.11. The molecule has 0 saturated heterocycles. The van der Waals surface area contributed by atoms with Gasteiger partial charge in [0.05, 0.1) is 30.1 Å². The summed E-state index contributed by atoms with van der Waals surface area (Å²) < 4.78 is 0. The number of thiazole rings is 1. The summed E-state index contributed by atoms with van der Waals surface area (Å²) in [6.45, 7) is 2.85. The van der Waals surface area contributed by atoms with Gasteiger partial charge in [0.2, 0.25) is 0 Å². The highest BCUT2D eigenvalue weighted by Crippen LogP contribution is 2.32. The summed E-state index contributed by atoms with van der Waals surface area (Å²) in [4.78, 5) is 10.8. The third-order valence-corrected chi connectivity index (χ3v) is 5.19. The molecule has 2 N–H and O–H groups in total. The number of benzene rings is 1. The van der Waals surface area contributed by atoms with Gasteiger partial charge in [-0.1, -0.05) is 35.9 Å². The molecule has 0 aliphatic carbocycles. The van der Waals surface area contributed by atoms with Crippen molar-refractivity contribution in [1.82, 2.24) is 14.9 Å². The summed E-state index contributed by atoms with van der Waals surface area (Å²) in [5, 5.41) is 21.5. The smallest absolute Gasteiger partial charge is 0.135 e. The van der Waals surface area contributed by atoms with Crippen molar-refractivity contribution in [3.05, 3.63) is 76.1 Å². The summed E-state index contributed by atoms with van der Waals surface area (Å²) in [6, 6.07) is 13.9. The van der Waals surface area contributed by atoms with Crippen molar-refractivity contribution >= 4 is 22.7 Å². The number of hydrogen-bond donors (Lipinski definition) is 2. The number of aryl methyl sites for hydroxylation is 1. The van der Waals surface area contributed by atoms with Crippen molar-refractivity contribution in [2.45, 2.75) is 13.5 Å². The van der Waals surface area contributed by atoms with Crippen LogP contribution < -0.4 is 0 Å². The van der Waals surface area contributed by atoms with Crippen LogP contribution in [0.3, 0.4) is 0 Å². The largest absolute Gasteiger partial charge is 0.510 e. The van der Waals surface area contributed by atoms with Gasteiger partial charge < -0.3 is 10.0 Å². The maximum atomic E-state index is 10.4. The minimum atomic E-state index is 0.190. The van der Waals surface area contributed by atoms with Crippen molar-refractivity contribution in [1.29, 1.82) is 5.41 Å². The first kappa shape index (κ1) is 16.5. The lowest BCUT2D eigenvalue weighted by molar-refractivity contribution is 0.345. The molecule has 4 rings (SSSR count). The first-order valence-electron chi connectivity index (χ1n) is 8.30. The Labute approximate surface area is 155 Å². The highest BCUT2D eigenvalue weighted by atomic mass is 32.1. The fourth-order valence-electron chi connectivity index (χ4n) is 2.93. The standard InChI is InChI=1S/C20H18N4OS/c1-13-5-7-14(8-6-13)16-12-26-20(23-16)18-17(25)11-24(19(18)21)10-15-4-2-3-9-22-15/h2-9,12,21,25H,10-11H2,1H3. The molecule has 0 radical (unpaired) electrons. The molecular weight excluding hydrogens is 344 g/mol. The third kappa shape index (κ3) is 3.11. The predicted molar refractivity (Wildman–Crippen MR) is 104 cm³/mol. The Morgan fingerprint density at radius 1 is 1.19 bits per heavy atom. The molecule has 1 aliphatic rings. The summed E-state index contributed by atoms with van der Waals surface area (Å²) in [5.41, 5.74) is 4.48. The van der Waals surface area contributed by atoms with Crippen LogP contribution in [0.4, 0.5) is 0 Å². The SMILES string of the molecule is Cc1ccc(-c2csc(C3=C(O)CN(Cc4ccccn4)C3=N)n2)cc1. The van der Waals surface area contributed by atoms with E-state index in [1.165, 1.54) is 16.9 Å². The molecule has 0 spiro atoms. The Morgan fingerprint density at radius 2 is 2.00 bits per heavy atom. The fraction of sp³-hybridized carbons (Fsp3) is 0.150. The summed E-state index contributed by atoms with van der Waals surface area (Å²) in [5.74, 6) is 0.480. The fourth-order valence-corrected chi connectivity index (χ4v) is 3.82. The minimum absolute atomic E-state index is 0.190. The second kappa shape index (κ2) is 6.72. The van der Waals surface area contributed by atoms with Crippen LogP contribution >= 0.6 is 11.3 Å². The van der Waals surface area contributed by atoms with E-state index < -0.39 is 0 Å². The Morgan fingerprint density at radius 3 is 2.73 bits per heavy atom. The zero-order valence-electron chi connectivity index (χ0n) is 14.3. The molecule has 1 aromatic carbocycles. The second-order valence-electron chi connectivity index (χ2n) is 6.25. The average molecular weight is 362 g/mol. The van der Waals surface area contributed by atoms with Gasteiger partial charge in [-0.2, -0.15) is 0 Å². The lowest BCUT2D eigenvalue weighted by Gasteiger charge is -2.17. The van der Waals surface area contributed by atoms with Crippen LogP contribution in [0.5, 0.6) is 0 Å². The van der Waals surface area contributed by atoms with E-state index in [1.54, 1.807) is 11.1 Å². The van der Waals surface area contributed by atoms with Gasteiger partial charge in [-0.15, -0.1) is 11.3 Å². The van der Waals surface area contributed by atoms with Crippen molar-refractivity contribution in [2.75, 3.05) is 6.54 Å². The molecule has 0 unspecified atom stereocenters. The van der Waals surface area contributed by atoms with E-state index in [-0.39, 0.29) is 11.6 Å². The van der Waals surface area contributed by atoms with E-state index in [1.807, 2.05) is 35.7 Å². The number of nitrogens with zero attached hydrogens (tertiary/aromatic N) is 3. The topological polar surface area (TPSA) is 73.1 Å². The first-order valence-corrected chi connectivity index (χ1v) is 9.18. The van der Waals surface area contributed by atoms with Crippen LogP contribution in [0.2, 0.25) is 0 Å². The predicted octanol–water partition coefficient (Wildman–Crippen LogP) is 4.28. The molecule has 3 aromatic rings. The Kier molecular flexibility index (Phi) is 4.26. The number of aromatic nitrogens is 2. The van der Waals surface area contributed by atoms with Gasteiger partial charge in [0, 0.05) is 17.1 Å². The van der Waals surface area contributed by atoms with E-state index in [0.29, 0.717) is 23.7 Å². The number of amidine groups is 1. The maximum absolute atomic E-state index is 10.4. The molecule has 3 heterocycles. The zero-order chi connectivity index (χ0) is 18.1. The van der Waals surface area contributed by atoms with Crippen LogP contribution in [0.25, 0.3) is 16.8 Å². The number of aliphatic hydroxyl groups excluding tert-OH is 1. The quantitative estimate of drug-likeness (QED) is 0.727. The van der Waals surface area contributed by atoms with Gasteiger partial charge in [0.25, 0.3) is 0 Å². The summed E-state index contributed by atoms with van der Waals surface area (Å²) >= 11 is 1.45. The number of nitrogens with one attached hydrogen (secondary N) is 1. The van der Waals surface area contributed by atoms with Crippen molar-refractivity contribution in [3.63, 3.8) is 0 Å². The monoisotopic (exact) mass is 362 g/mol. The molecule has 0 atom stereocenters. The molecular formula is C20H18N4OS. The van der Waals surface area contributed by atoms with E-state index in [9.17, 15) is 5.11 Å². The molecule has 0 fully saturated rings. The number of aliphatic hydroxyl groups is 1. The zero-order valence-corrected chi connectivity index (χ0v) is 15.1. The van der Waals surface area contributed by atoms with Crippen LogP contribution in [-0.2, 0) is 6.54 Å². The third-order valence-electron chi connectivity index (χ3n) is 4.33. The molecule has 26 heavy (non-hydrogen) atoms. The van der Waals surface area contributed by atoms with E-state index in [2.05, 4.69) is 29.0 Å². The summed E-state index contributed by atoms with van der Waals surface area (Å²) in [7, 11) is 0. The normalized spacial score (nSPS) is 14.3. The van der Waals surface area contributed by atoms with E-state index in [0.717, 1.165) is 17.0 Å². The Balaban J connectivity index is 1.57. The molecule has 0 saturated carbocycles. The molecule has 0 amide bonds.